The van der Waals surface area contributed by atoms with Crippen molar-refractivity contribution in [1.29, 1.82) is 0 Å². The quantitative estimate of drug-likeness (QED) is 0.775. The molecule has 3 unspecified atom stereocenters. The summed E-state index contributed by atoms with van der Waals surface area (Å²) in [6.07, 6.45) is 1.19. The summed E-state index contributed by atoms with van der Waals surface area (Å²) in [5.41, 5.74) is 0. The molecule has 1 N–H and O–H groups in total. The predicted molar refractivity (Wildman–Crippen MR) is 59.8 cm³/mol. The summed E-state index contributed by atoms with van der Waals surface area (Å²) in [6.45, 7) is 4.65. The van der Waals surface area contributed by atoms with Gasteiger partial charge in [-0.3, -0.25) is 4.79 Å². The number of aliphatic carboxylic acids is 1. The van der Waals surface area contributed by atoms with Gasteiger partial charge in [0.1, 0.15) is 0 Å². The van der Waals surface area contributed by atoms with E-state index in [1.54, 1.807) is 6.92 Å². The lowest BCUT2D eigenvalue weighted by Crippen LogP contribution is -2.39. The molecule has 0 saturated carbocycles. The van der Waals surface area contributed by atoms with Crippen LogP contribution in [0.2, 0.25) is 0 Å². The molecule has 0 spiro atoms. The van der Waals surface area contributed by atoms with Crippen LogP contribution < -0.4 is 0 Å². The maximum atomic E-state index is 10.7. The maximum Gasteiger partial charge on any atom is 0.307 e. The Kier molecular flexibility index (Phi) is 4.26. The van der Waals surface area contributed by atoms with Gasteiger partial charge in [0.05, 0.1) is 5.92 Å². The molecule has 14 heavy (non-hydrogen) atoms. The van der Waals surface area contributed by atoms with E-state index in [-0.39, 0.29) is 5.92 Å². The summed E-state index contributed by atoms with van der Waals surface area (Å²) in [4.78, 5) is 12.9. The summed E-state index contributed by atoms with van der Waals surface area (Å²) >= 11 is 1.98. The highest BCUT2D eigenvalue weighted by Crippen LogP contribution is 2.29. The molecule has 0 amide bonds. The highest BCUT2D eigenvalue weighted by molar-refractivity contribution is 8.00. The number of thioether (sulfide) groups is 1. The lowest BCUT2D eigenvalue weighted by Gasteiger charge is -2.28. The predicted octanol–water partition coefficient (Wildman–Crippen LogP) is 1.53. The first kappa shape index (κ1) is 11.9. The van der Waals surface area contributed by atoms with Crippen LogP contribution in [0.25, 0.3) is 0 Å². The van der Waals surface area contributed by atoms with Crippen molar-refractivity contribution in [3.8, 4) is 0 Å². The molecule has 0 aliphatic carbocycles. The second-order valence-electron chi connectivity index (χ2n) is 4.11. The molecule has 4 heteroatoms. The van der Waals surface area contributed by atoms with Crippen molar-refractivity contribution in [1.82, 2.24) is 4.90 Å². The van der Waals surface area contributed by atoms with E-state index in [0.717, 1.165) is 0 Å². The minimum absolute atomic E-state index is 0.266. The first-order chi connectivity index (χ1) is 6.52. The number of nitrogens with zero attached hydrogens (tertiary/aromatic N) is 1. The Morgan fingerprint density at radius 1 is 1.71 bits per heavy atom. The van der Waals surface area contributed by atoms with E-state index < -0.39 is 5.97 Å². The Balaban J connectivity index is 2.41. The molecule has 0 aromatic carbocycles. The largest absolute Gasteiger partial charge is 0.481 e. The smallest absolute Gasteiger partial charge is 0.307 e. The van der Waals surface area contributed by atoms with E-state index in [9.17, 15) is 4.79 Å². The lowest BCUT2D eigenvalue weighted by atomic mass is 10.1. The molecule has 1 rings (SSSR count). The third-order valence-corrected chi connectivity index (χ3v) is 4.20. The first-order valence-corrected chi connectivity index (χ1v) is 6.12. The number of rotatable bonds is 4. The Hall–Kier alpha value is -0.220. The molecule has 1 fully saturated rings. The van der Waals surface area contributed by atoms with Crippen LogP contribution in [-0.4, -0.2) is 46.6 Å². The van der Waals surface area contributed by atoms with Crippen LogP contribution in [0.15, 0.2) is 0 Å². The third-order valence-electron chi connectivity index (χ3n) is 2.89. The molecule has 0 bridgehead atoms. The van der Waals surface area contributed by atoms with E-state index in [4.69, 9.17) is 5.11 Å². The summed E-state index contributed by atoms with van der Waals surface area (Å²) < 4.78 is 0. The van der Waals surface area contributed by atoms with Gasteiger partial charge in [-0.25, -0.2) is 0 Å². The number of hydrogen-bond acceptors (Lipinski definition) is 3. The number of carboxylic acids is 1. The van der Waals surface area contributed by atoms with Gasteiger partial charge < -0.3 is 10.0 Å². The highest BCUT2D eigenvalue weighted by atomic mass is 32.2. The molecular weight excluding hydrogens is 198 g/mol. The monoisotopic (exact) mass is 217 g/mol. The minimum Gasteiger partial charge on any atom is -0.481 e. The molecule has 3 nitrogen and oxygen atoms in total. The molecule has 1 heterocycles. The van der Waals surface area contributed by atoms with E-state index in [1.807, 2.05) is 18.8 Å². The van der Waals surface area contributed by atoms with E-state index in [0.29, 0.717) is 17.8 Å². The number of hydrogen-bond donors (Lipinski definition) is 1. The molecule has 3 atom stereocenters. The maximum absolute atomic E-state index is 10.7. The zero-order chi connectivity index (χ0) is 10.7. The van der Waals surface area contributed by atoms with Crippen molar-refractivity contribution < 1.29 is 9.90 Å². The summed E-state index contributed by atoms with van der Waals surface area (Å²) in [5.74, 6) is 0.241. The standard InChI is InChI=1S/C10H19NO2S/c1-7(10(12)13)6-11(3)9-4-5-14-8(9)2/h7-9H,4-6H2,1-3H3,(H,12,13). The van der Waals surface area contributed by atoms with Gasteiger partial charge in [0.2, 0.25) is 0 Å². The zero-order valence-corrected chi connectivity index (χ0v) is 9.88. The van der Waals surface area contributed by atoms with Crippen molar-refractivity contribution >= 4 is 17.7 Å². The first-order valence-electron chi connectivity index (χ1n) is 5.07. The van der Waals surface area contributed by atoms with Crippen molar-refractivity contribution in [2.75, 3.05) is 19.3 Å². The molecule has 82 valence electrons. The van der Waals surface area contributed by atoms with Gasteiger partial charge in [-0.15, -0.1) is 0 Å². The van der Waals surface area contributed by atoms with Gasteiger partial charge >= 0.3 is 5.97 Å². The normalized spacial score (nSPS) is 29.4. The lowest BCUT2D eigenvalue weighted by molar-refractivity contribution is -0.141. The van der Waals surface area contributed by atoms with Gasteiger partial charge in [-0.2, -0.15) is 11.8 Å². The van der Waals surface area contributed by atoms with Crippen molar-refractivity contribution in [2.24, 2.45) is 5.92 Å². The van der Waals surface area contributed by atoms with Gasteiger partial charge in [0.15, 0.2) is 0 Å². The Bertz CT molecular complexity index is 210. The average Bonchev–Trinajstić information content (AvgIpc) is 2.51. The molecule has 1 aliphatic heterocycles. The van der Waals surface area contributed by atoms with Crippen molar-refractivity contribution in [3.05, 3.63) is 0 Å². The summed E-state index contributed by atoms with van der Waals surface area (Å²) in [5, 5.41) is 9.45. The second-order valence-corrected chi connectivity index (χ2v) is 5.60. The molecular formula is C10H19NO2S. The summed E-state index contributed by atoms with van der Waals surface area (Å²) in [7, 11) is 2.03. The molecule has 0 radical (unpaired) electrons. The Labute approximate surface area is 89.9 Å². The Morgan fingerprint density at radius 2 is 2.36 bits per heavy atom. The number of carbonyl (C=O) groups is 1. The van der Waals surface area contributed by atoms with Crippen LogP contribution in [0.1, 0.15) is 20.3 Å². The fourth-order valence-corrected chi connectivity index (χ4v) is 3.26. The zero-order valence-electron chi connectivity index (χ0n) is 9.06. The molecule has 0 aromatic heterocycles. The van der Waals surface area contributed by atoms with Crippen molar-refractivity contribution in [2.45, 2.75) is 31.6 Å². The third kappa shape index (κ3) is 2.89. The van der Waals surface area contributed by atoms with E-state index >= 15 is 0 Å². The Morgan fingerprint density at radius 3 is 2.79 bits per heavy atom. The number of carboxylic acid groups (broad SMARTS) is 1. The van der Waals surface area contributed by atoms with Crippen LogP contribution in [-0.2, 0) is 4.79 Å². The van der Waals surface area contributed by atoms with Crippen LogP contribution in [0.5, 0.6) is 0 Å². The average molecular weight is 217 g/mol. The van der Waals surface area contributed by atoms with Gasteiger partial charge in [-0.05, 0) is 19.2 Å². The fourth-order valence-electron chi connectivity index (χ4n) is 1.94. The molecule has 1 saturated heterocycles. The summed E-state index contributed by atoms with van der Waals surface area (Å²) in [6, 6.07) is 0.557. The van der Waals surface area contributed by atoms with Crippen LogP contribution >= 0.6 is 11.8 Å². The second kappa shape index (κ2) is 5.03. The van der Waals surface area contributed by atoms with Crippen LogP contribution in [0, 0.1) is 5.92 Å². The van der Waals surface area contributed by atoms with Gasteiger partial charge in [-0.1, -0.05) is 13.8 Å². The van der Waals surface area contributed by atoms with E-state index in [1.165, 1.54) is 12.2 Å². The highest BCUT2D eigenvalue weighted by Gasteiger charge is 2.28. The SMILES string of the molecule is CC(CN(C)C1CCSC1C)C(=O)O. The minimum atomic E-state index is -0.699. The topological polar surface area (TPSA) is 40.5 Å². The van der Waals surface area contributed by atoms with E-state index in [2.05, 4.69) is 11.8 Å². The van der Waals surface area contributed by atoms with Crippen LogP contribution in [0.4, 0.5) is 0 Å². The molecule has 0 aromatic rings. The van der Waals surface area contributed by atoms with Crippen molar-refractivity contribution in [3.63, 3.8) is 0 Å². The van der Waals surface area contributed by atoms with Crippen LogP contribution in [0.3, 0.4) is 0 Å². The molecule has 1 aliphatic rings. The van der Waals surface area contributed by atoms with Gasteiger partial charge in [0, 0.05) is 17.8 Å². The fraction of sp³-hybridized carbons (Fsp3) is 0.900. The van der Waals surface area contributed by atoms with Gasteiger partial charge in [0.25, 0.3) is 0 Å².